The number of hydrogen-bond acceptors (Lipinski definition) is 1. The molecule has 3 heteroatoms. The van der Waals surface area contributed by atoms with Crippen LogP contribution in [0.4, 0.5) is 0 Å². The number of hydrogen-bond donors (Lipinski definition) is 1. The highest BCUT2D eigenvalue weighted by Crippen LogP contribution is 1.91. The third-order valence-electron chi connectivity index (χ3n) is 1.93. The number of nitrogens with one attached hydrogen (secondary N) is 1. The van der Waals surface area contributed by atoms with E-state index in [1.165, 1.54) is 0 Å². The van der Waals surface area contributed by atoms with Gasteiger partial charge in [-0.3, -0.25) is 4.99 Å². The van der Waals surface area contributed by atoms with Crippen LogP contribution in [0, 0.1) is 0 Å². The molecule has 14 heavy (non-hydrogen) atoms. The largest absolute Gasteiger partial charge is 0.343 e. The van der Waals surface area contributed by atoms with Gasteiger partial charge in [0.05, 0.1) is 0 Å². The molecule has 0 bridgehead atoms. The van der Waals surface area contributed by atoms with E-state index < -0.39 is 0 Å². The van der Waals surface area contributed by atoms with Crippen LogP contribution in [-0.2, 0) is 0 Å². The minimum absolute atomic E-state index is 0.885. The maximum atomic E-state index is 4.50. The summed E-state index contributed by atoms with van der Waals surface area (Å²) in [6.45, 7) is 11.3. The smallest absolute Gasteiger partial charge is 0.197 e. The molecule has 0 aromatic carbocycles. The van der Waals surface area contributed by atoms with Crippen molar-refractivity contribution in [3.63, 3.8) is 0 Å². The normalized spacial score (nSPS) is 12.1. The van der Waals surface area contributed by atoms with Crippen LogP contribution >= 0.6 is 0 Å². The number of aliphatic imine (C=N–C) groups is 1. The summed E-state index contributed by atoms with van der Waals surface area (Å²) < 4.78 is 0. The predicted molar refractivity (Wildman–Crippen MR) is 63.5 cm³/mol. The fourth-order valence-electron chi connectivity index (χ4n) is 1.14. The molecule has 0 rings (SSSR count). The summed E-state index contributed by atoms with van der Waals surface area (Å²) in [6, 6.07) is 0. The molecule has 0 amide bonds. The highest BCUT2D eigenvalue weighted by Gasteiger charge is 2.03. The summed E-state index contributed by atoms with van der Waals surface area (Å²) in [5, 5.41) is 3.20. The van der Waals surface area contributed by atoms with Crippen molar-refractivity contribution in [2.24, 2.45) is 4.99 Å². The molecule has 0 aliphatic heterocycles. The van der Waals surface area contributed by atoms with E-state index in [1.807, 2.05) is 19.2 Å². The minimum Gasteiger partial charge on any atom is -0.343 e. The Morgan fingerprint density at radius 1 is 1.29 bits per heavy atom. The van der Waals surface area contributed by atoms with E-state index in [2.05, 4.69) is 36.0 Å². The zero-order valence-electron chi connectivity index (χ0n) is 9.88. The van der Waals surface area contributed by atoms with Gasteiger partial charge in [-0.15, -0.1) is 0 Å². The SMILES string of the molecule is CC=CNC(=NCCC)N(CC)CC. The molecule has 0 saturated heterocycles. The minimum atomic E-state index is 0.885. The summed E-state index contributed by atoms with van der Waals surface area (Å²) in [5.41, 5.74) is 0. The molecule has 3 nitrogen and oxygen atoms in total. The average Bonchev–Trinajstić information content (AvgIpc) is 2.22. The number of rotatable bonds is 5. The Balaban J connectivity index is 4.34. The van der Waals surface area contributed by atoms with Gasteiger partial charge in [-0.05, 0) is 33.4 Å². The molecule has 0 aromatic heterocycles. The Labute approximate surface area is 87.9 Å². The first-order chi connectivity index (χ1) is 6.79. The maximum absolute atomic E-state index is 4.50. The van der Waals surface area contributed by atoms with Crippen molar-refractivity contribution in [1.82, 2.24) is 10.2 Å². The number of guanidine groups is 1. The van der Waals surface area contributed by atoms with E-state index >= 15 is 0 Å². The topological polar surface area (TPSA) is 27.6 Å². The second kappa shape index (κ2) is 8.60. The Kier molecular flexibility index (Phi) is 7.99. The Bertz CT molecular complexity index is 181. The summed E-state index contributed by atoms with van der Waals surface area (Å²) in [5.74, 6) is 0.981. The first-order valence-electron chi connectivity index (χ1n) is 5.47. The number of nitrogens with zero attached hydrogens (tertiary/aromatic N) is 2. The van der Waals surface area contributed by atoms with Crippen molar-refractivity contribution in [3.8, 4) is 0 Å². The van der Waals surface area contributed by atoms with Crippen LogP contribution in [0.2, 0.25) is 0 Å². The molecule has 82 valence electrons. The van der Waals surface area contributed by atoms with Crippen molar-refractivity contribution in [2.45, 2.75) is 34.1 Å². The van der Waals surface area contributed by atoms with Crippen molar-refractivity contribution in [2.75, 3.05) is 19.6 Å². The second-order valence-corrected chi connectivity index (χ2v) is 3.02. The maximum Gasteiger partial charge on any atom is 0.197 e. The van der Waals surface area contributed by atoms with Gasteiger partial charge >= 0.3 is 0 Å². The van der Waals surface area contributed by atoms with Crippen molar-refractivity contribution < 1.29 is 0 Å². The van der Waals surface area contributed by atoms with E-state index in [-0.39, 0.29) is 0 Å². The standard InChI is InChI=1S/C11H23N3/c1-5-9-12-11(13-10-6-2)14(7-3)8-4/h5,9H,6-8,10H2,1-4H3,(H,12,13). The summed E-state index contributed by atoms with van der Waals surface area (Å²) in [6.07, 6.45) is 4.99. The van der Waals surface area contributed by atoms with E-state index in [1.54, 1.807) is 0 Å². The quantitative estimate of drug-likeness (QED) is 0.540. The Hall–Kier alpha value is -0.990. The summed E-state index contributed by atoms with van der Waals surface area (Å²) in [7, 11) is 0. The van der Waals surface area contributed by atoms with Crippen LogP contribution < -0.4 is 5.32 Å². The van der Waals surface area contributed by atoms with E-state index in [0.717, 1.165) is 32.0 Å². The average molecular weight is 197 g/mol. The molecule has 0 radical (unpaired) electrons. The van der Waals surface area contributed by atoms with Crippen molar-refractivity contribution in [3.05, 3.63) is 12.3 Å². The first kappa shape index (κ1) is 13.0. The van der Waals surface area contributed by atoms with E-state index in [4.69, 9.17) is 0 Å². The van der Waals surface area contributed by atoms with Gasteiger partial charge in [-0.1, -0.05) is 13.0 Å². The van der Waals surface area contributed by atoms with Crippen LogP contribution in [0.25, 0.3) is 0 Å². The lowest BCUT2D eigenvalue weighted by Gasteiger charge is -2.22. The number of allylic oxidation sites excluding steroid dienone is 1. The van der Waals surface area contributed by atoms with Gasteiger partial charge in [0.1, 0.15) is 0 Å². The monoisotopic (exact) mass is 197 g/mol. The molecule has 0 spiro atoms. The van der Waals surface area contributed by atoms with E-state index in [0.29, 0.717) is 0 Å². The van der Waals surface area contributed by atoms with Gasteiger partial charge in [0.2, 0.25) is 0 Å². The van der Waals surface area contributed by atoms with Crippen molar-refractivity contribution in [1.29, 1.82) is 0 Å². The summed E-state index contributed by atoms with van der Waals surface area (Å²) in [4.78, 5) is 6.72. The lowest BCUT2D eigenvalue weighted by atomic mass is 10.5. The molecular formula is C11H23N3. The molecule has 0 saturated carbocycles. The molecule has 0 aromatic rings. The summed E-state index contributed by atoms with van der Waals surface area (Å²) >= 11 is 0. The molecule has 0 atom stereocenters. The molecule has 0 aliphatic carbocycles. The fourth-order valence-corrected chi connectivity index (χ4v) is 1.14. The molecule has 1 N–H and O–H groups in total. The van der Waals surface area contributed by atoms with Gasteiger partial charge in [-0.2, -0.15) is 0 Å². The highest BCUT2D eigenvalue weighted by atomic mass is 15.3. The molecule has 0 aliphatic rings. The Morgan fingerprint density at radius 2 is 1.93 bits per heavy atom. The van der Waals surface area contributed by atoms with Gasteiger partial charge in [0.15, 0.2) is 5.96 Å². The molecule has 0 unspecified atom stereocenters. The van der Waals surface area contributed by atoms with E-state index in [9.17, 15) is 0 Å². The zero-order valence-corrected chi connectivity index (χ0v) is 9.88. The third kappa shape index (κ3) is 4.90. The third-order valence-corrected chi connectivity index (χ3v) is 1.93. The van der Waals surface area contributed by atoms with Gasteiger partial charge in [-0.25, -0.2) is 0 Å². The fraction of sp³-hybridized carbons (Fsp3) is 0.727. The second-order valence-electron chi connectivity index (χ2n) is 3.02. The highest BCUT2D eigenvalue weighted by molar-refractivity contribution is 5.80. The lowest BCUT2D eigenvalue weighted by Crippen LogP contribution is -2.39. The zero-order chi connectivity index (χ0) is 10.8. The predicted octanol–water partition coefficient (Wildman–Crippen LogP) is 2.22. The first-order valence-corrected chi connectivity index (χ1v) is 5.47. The van der Waals surface area contributed by atoms with Crippen LogP contribution in [0.5, 0.6) is 0 Å². The van der Waals surface area contributed by atoms with Crippen LogP contribution in [0.3, 0.4) is 0 Å². The van der Waals surface area contributed by atoms with Crippen LogP contribution in [0.1, 0.15) is 34.1 Å². The van der Waals surface area contributed by atoms with Crippen molar-refractivity contribution >= 4 is 5.96 Å². The molecule has 0 heterocycles. The van der Waals surface area contributed by atoms with Gasteiger partial charge < -0.3 is 10.2 Å². The van der Waals surface area contributed by atoms with Gasteiger partial charge in [0.25, 0.3) is 0 Å². The van der Waals surface area contributed by atoms with Crippen LogP contribution in [0.15, 0.2) is 17.3 Å². The van der Waals surface area contributed by atoms with Crippen LogP contribution in [-0.4, -0.2) is 30.5 Å². The molecular weight excluding hydrogens is 174 g/mol. The van der Waals surface area contributed by atoms with Gasteiger partial charge in [0, 0.05) is 19.6 Å². The Morgan fingerprint density at radius 3 is 2.36 bits per heavy atom. The molecule has 0 fully saturated rings. The lowest BCUT2D eigenvalue weighted by molar-refractivity contribution is 0.451.